The third-order valence-corrected chi connectivity index (χ3v) is 3.66. The van der Waals surface area contributed by atoms with Gasteiger partial charge in [-0.25, -0.2) is 13.1 Å². The molecule has 0 saturated heterocycles. The van der Waals surface area contributed by atoms with Crippen LogP contribution in [0, 0.1) is 0 Å². The zero-order valence-electron chi connectivity index (χ0n) is 9.70. The largest absolute Gasteiger partial charge is 0.395 e. The van der Waals surface area contributed by atoms with Crippen LogP contribution in [-0.2, 0) is 10.0 Å². The lowest BCUT2D eigenvalue weighted by molar-refractivity contribution is 0.318. The maximum atomic E-state index is 11.4. The average Bonchev–Trinajstić information content (AvgIpc) is 2.14. The van der Waals surface area contributed by atoms with Crippen molar-refractivity contribution in [2.75, 3.05) is 12.4 Å². The highest BCUT2D eigenvalue weighted by Gasteiger charge is 2.15. The van der Waals surface area contributed by atoms with E-state index in [4.69, 9.17) is 5.11 Å². The van der Waals surface area contributed by atoms with Crippen LogP contribution in [0.2, 0.25) is 0 Å². The van der Waals surface area contributed by atoms with Gasteiger partial charge in [0.15, 0.2) is 0 Å². The van der Waals surface area contributed by atoms with Crippen molar-refractivity contribution in [3.63, 3.8) is 0 Å². The molecule has 0 amide bonds. The van der Waals surface area contributed by atoms with Crippen LogP contribution in [0.1, 0.15) is 46.0 Å². The van der Waals surface area contributed by atoms with Gasteiger partial charge < -0.3 is 5.11 Å². The molecule has 92 valence electrons. The molecule has 0 fully saturated rings. The summed E-state index contributed by atoms with van der Waals surface area (Å²) in [6.45, 7) is 3.81. The van der Waals surface area contributed by atoms with Gasteiger partial charge in [0.05, 0.1) is 12.4 Å². The van der Waals surface area contributed by atoms with Crippen LogP contribution in [0.25, 0.3) is 0 Å². The summed E-state index contributed by atoms with van der Waals surface area (Å²) in [4.78, 5) is 0. The first kappa shape index (κ1) is 14.9. The lowest BCUT2D eigenvalue weighted by Gasteiger charge is -2.17. The molecule has 0 bridgehead atoms. The summed E-state index contributed by atoms with van der Waals surface area (Å²) in [5.74, 6) is -0.195. The second-order valence-corrected chi connectivity index (χ2v) is 5.66. The van der Waals surface area contributed by atoms with Crippen LogP contribution in [0.5, 0.6) is 0 Å². The third kappa shape index (κ3) is 7.76. The minimum atomic E-state index is -3.28. The van der Waals surface area contributed by atoms with Crippen LogP contribution >= 0.6 is 0 Å². The molecule has 15 heavy (non-hydrogen) atoms. The van der Waals surface area contributed by atoms with Crippen LogP contribution < -0.4 is 4.72 Å². The molecule has 0 radical (unpaired) electrons. The molecule has 1 atom stereocenters. The minimum absolute atomic E-state index is 0.0338. The fraction of sp³-hybridized carbons (Fsp3) is 1.00. The van der Waals surface area contributed by atoms with Gasteiger partial charge in [-0.15, -0.1) is 0 Å². The Morgan fingerprint density at radius 3 is 2.33 bits per heavy atom. The molecule has 0 aromatic carbocycles. The van der Waals surface area contributed by atoms with Crippen LogP contribution in [0.4, 0.5) is 0 Å². The minimum Gasteiger partial charge on any atom is -0.395 e. The van der Waals surface area contributed by atoms with E-state index in [1.54, 1.807) is 0 Å². The Morgan fingerprint density at radius 1 is 1.20 bits per heavy atom. The van der Waals surface area contributed by atoms with E-state index in [0.717, 1.165) is 32.1 Å². The van der Waals surface area contributed by atoms with E-state index in [1.165, 1.54) is 0 Å². The Hall–Kier alpha value is -0.130. The summed E-state index contributed by atoms with van der Waals surface area (Å²) >= 11 is 0. The smallest absolute Gasteiger partial charge is 0.214 e. The molecular weight excluding hydrogens is 214 g/mol. The SMILES string of the molecule is CCCCC(CCC)NS(=O)(=O)CCO. The molecule has 0 aromatic heterocycles. The van der Waals surface area contributed by atoms with Crippen molar-refractivity contribution in [3.05, 3.63) is 0 Å². The highest BCUT2D eigenvalue weighted by atomic mass is 32.2. The molecule has 2 N–H and O–H groups in total. The van der Waals surface area contributed by atoms with Gasteiger partial charge in [-0.3, -0.25) is 0 Å². The standard InChI is InChI=1S/C10H23NO3S/c1-3-5-7-10(6-4-2)11-15(13,14)9-8-12/h10-12H,3-9H2,1-2H3. The number of unbranched alkanes of at least 4 members (excludes halogenated alkanes) is 1. The Bertz CT molecular complexity index is 239. The molecule has 0 aliphatic heterocycles. The zero-order valence-corrected chi connectivity index (χ0v) is 10.5. The number of aliphatic hydroxyl groups is 1. The lowest BCUT2D eigenvalue weighted by Crippen LogP contribution is -2.37. The Labute approximate surface area is 93.1 Å². The van der Waals surface area contributed by atoms with Gasteiger partial charge in [0.2, 0.25) is 10.0 Å². The van der Waals surface area contributed by atoms with Gasteiger partial charge >= 0.3 is 0 Å². The predicted molar refractivity (Wildman–Crippen MR) is 62.2 cm³/mol. The predicted octanol–water partition coefficient (Wildman–Crippen LogP) is 1.26. The maximum absolute atomic E-state index is 11.4. The van der Waals surface area contributed by atoms with E-state index in [2.05, 4.69) is 11.6 Å². The normalized spacial score (nSPS) is 14.1. The topological polar surface area (TPSA) is 66.4 Å². The number of hydrogen-bond donors (Lipinski definition) is 2. The first-order chi connectivity index (χ1) is 7.05. The van der Waals surface area contributed by atoms with Crippen molar-refractivity contribution in [1.29, 1.82) is 0 Å². The van der Waals surface area contributed by atoms with Gasteiger partial charge in [-0.2, -0.15) is 0 Å². The summed E-state index contributed by atoms with van der Waals surface area (Å²) in [6, 6.07) is 0.0338. The number of hydrogen-bond acceptors (Lipinski definition) is 3. The van der Waals surface area contributed by atoms with Crippen molar-refractivity contribution >= 4 is 10.0 Å². The zero-order chi connectivity index (χ0) is 11.7. The highest BCUT2D eigenvalue weighted by molar-refractivity contribution is 7.89. The highest BCUT2D eigenvalue weighted by Crippen LogP contribution is 2.08. The molecule has 0 spiro atoms. The monoisotopic (exact) mass is 237 g/mol. The molecule has 0 rings (SSSR count). The van der Waals surface area contributed by atoms with Crippen molar-refractivity contribution in [1.82, 2.24) is 4.72 Å². The Kier molecular flexibility index (Phi) is 8.00. The van der Waals surface area contributed by atoms with Gasteiger partial charge in [0.25, 0.3) is 0 Å². The van der Waals surface area contributed by atoms with E-state index in [9.17, 15) is 8.42 Å². The van der Waals surface area contributed by atoms with E-state index in [-0.39, 0.29) is 18.4 Å². The summed E-state index contributed by atoms with van der Waals surface area (Å²) in [7, 11) is -3.28. The summed E-state index contributed by atoms with van der Waals surface area (Å²) < 4.78 is 25.5. The second-order valence-electron chi connectivity index (χ2n) is 3.79. The van der Waals surface area contributed by atoms with Crippen LogP contribution in [0.15, 0.2) is 0 Å². The fourth-order valence-electron chi connectivity index (χ4n) is 1.49. The average molecular weight is 237 g/mol. The van der Waals surface area contributed by atoms with Gasteiger partial charge in [0.1, 0.15) is 0 Å². The van der Waals surface area contributed by atoms with Crippen molar-refractivity contribution < 1.29 is 13.5 Å². The van der Waals surface area contributed by atoms with E-state index in [0.29, 0.717) is 0 Å². The van der Waals surface area contributed by atoms with Crippen molar-refractivity contribution in [3.8, 4) is 0 Å². The van der Waals surface area contributed by atoms with Crippen LogP contribution in [0.3, 0.4) is 0 Å². The molecular formula is C10H23NO3S. The second kappa shape index (κ2) is 8.07. The van der Waals surface area contributed by atoms with Gasteiger partial charge in [0, 0.05) is 6.04 Å². The number of nitrogens with one attached hydrogen (secondary N) is 1. The van der Waals surface area contributed by atoms with Crippen molar-refractivity contribution in [2.24, 2.45) is 0 Å². The maximum Gasteiger partial charge on any atom is 0.214 e. The summed E-state index contributed by atoms with van der Waals surface area (Å²) in [5, 5.41) is 8.60. The number of rotatable bonds is 9. The molecule has 5 heteroatoms. The molecule has 0 aliphatic carbocycles. The Morgan fingerprint density at radius 2 is 1.87 bits per heavy atom. The van der Waals surface area contributed by atoms with E-state index in [1.807, 2.05) is 6.92 Å². The number of sulfonamides is 1. The molecule has 0 saturated carbocycles. The third-order valence-electron chi connectivity index (χ3n) is 2.25. The fourth-order valence-corrected chi connectivity index (χ4v) is 2.60. The van der Waals surface area contributed by atoms with Gasteiger partial charge in [-0.05, 0) is 12.8 Å². The quantitative estimate of drug-likeness (QED) is 0.634. The molecule has 1 unspecified atom stereocenters. The molecule has 0 aromatic rings. The van der Waals surface area contributed by atoms with Crippen LogP contribution in [-0.4, -0.2) is 31.9 Å². The molecule has 4 nitrogen and oxygen atoms in total. The Balaban J connectivity index is 4.13. The van der Waals surface area contributed by atoms with E-state index >= 15 is 0 Å². The summed E-state index contributed by atoms with van der Waals surface area (Å²) in [5.41, 5.74) is 0. The van der Waals surface area contributed by atoms with Crippen molar-refractivity contribution in [2.45, 2.75) is 52.0 Å². The first-order valence-electron chi connectivity index (χ1n) is 5.66. The molecule has 0 heterocycles. The summed E-state index contributed by atoms with van der Waals surface area (Å²) in [6.07, 6.45) is 4.82. The van der Waals surface area contributed by atoms with E-state index < -0.39 is 10.0 Å². The number of aliphatic hydroxyl groups excluding tert-OH is 1. The first-order valence-corrected chi connectivity index (χ1v) is 7.31. The lowest BCUT2D eigenvalue weighted by atomic mass is 10.1. The van der Waals surface area contributed by atoms with Gasteiger partial charge in [-0.1, -0.05) is 33.1 Å². The molecule has 0 aliphatic rings.